The fourth-order valence-corrected chi connectivity index (χ4v) is 1.57. The molecule has 0 saturated carbocycles. The largest absolute Gasteiger partial charge is 0.409 e. The second-order valence-corrected chi connectivity index (χ2v) is 5.84. The maximum absolute atomic E-state index is 8.67. The van der Waals surface area contributed by atoms with Gasteiger partial charge in [-0.3, -0.25) is 0 Å². The number of likely N-dealkylation sites (N-methyl/N-ethyl adjacent to an activating group) is 1. The van der Waals surface area contributed by atoms with Crippen LogP contribution in [0.2, 0.25) is 0 Å². The molecule has 0 radical (unpaired) electrons. The van der Waals surface area contributed by atoms with Crippen molar-refractivity contribution < 1.29 is 5.21 Å². The third-order valence-electron chi connectivity index (χ3n) is 3.53. The van der Waals surface area contributed by atoms with Gasteiger partial charge in [-0.2, -0.15) is 0 Å². The van der Waals surface area contributed by atoms with E-state index in [0.29, 0.717) is 11.9 Å². The van der Waals surface area contributed by atoms with E-state index >= 15 is 0 Å². The van der Waals surface area contributed by atoms with E-state index in [-0.39, 0.29) is 5.41 Å². The second-order valence-electron chi connectivity index (χ2n) is 5.84. The highest BCUT2D eigenvalue weighted by Crippen LogP contribution is 2.22. The first-order chi connectivity index (χ1) is 8.31. The minimum atomic E-state index is -0.217. The van der Waals surface area contributed by atoms with Gasteiger partial charge in [-0.25, -0.2) is 0 Å². The van der Waals surface area contributed by atoms with Crippen molar-refractivity contribution in [1.29, 1.82) is 0 Å². The molecule has 1 unspecified atom stereocenters. The van der Waals surface area contributed by atoms with E-state index in [1.54, 1.807) is 0 Å². The van der Waals surface area contributed by atoms with Crippen LogP contribution < -0.4 is 11.1 Å². The topological polar surface area (TPSA) is 73.9 Å². The summed E-state index contributed by atoms with van der Waals surface area (Å²) in [5.74, 6) is 0.316. The van der Waals surface area contributed by atoms with Crippen molar-refractivity contribution in [3.05, 3.63) is 0 Å². The molecule has 0 aliphatic carbocycles. The van der Waals surface area contributed by atoms with Crippen LogP contribution in [-0.4, -0.2) is 49.2 Å². The van der Waals surface area contributed by atoms with Crippen LogP contribution in [-0.2, 0) is 0 Å². The summed E-state index contributed by atoms with van der Waals surface area (Å²) in [5, 5.41) is 15.2. The van der Waals surface area contributed by atoms with Crippen LogP contribution in [0.1, 0.15) is 40.0 Å². The van der Waals surface area contributed by atoms with Gasteiger partial charge in [0.05, 0.1) is 0 Å². The van der Waals surface area contributed by atoms with E-state index in [4.69, 9.17) is 10.9 Å². The summed E-state index contributed by atoms with van der Waals surface area (Å²) < 4.78 is 0. The zero-order chi connectivity index (χ0) is 14.2. The Morgan fingerprint density at radius 3 is 2.50 bits per heavy atom. The van der Waals surface area contributed by atoms with Gasteiger partial charge in [0.15, 0.2) is 0 Å². The lowest BCUT2D eigenvalue weighted by atomic mass is 9.86. The van der Waals surface area contributed by atoms with Crippen molar-refractivity contribution in [2.24, 2.45) is 16.3 Å². The van der Waals surface area contributed by atoms with E-state index in [2.05, 4.69) is 36.4 Å². The molecule has 4 N–H and O–H groups in total. The Kier molecular flexibility index (Phi) is 7.95. The molecule has 0 heterocycles. The van der Waals surface area contributed by atoms with Gasteiger partial charge in [-0.15, -0.1) is 0 Å². The van der Waals surface area contributed by atoms with Crippen LogP contribution in [0.5, 0.6) is 0 Å². The maximum atomic E-state index is 8.67. The molecular weight excluding hydrogens is 228 g/mol. The summed E-state index contributed by atoms with van der Waals surface area (Å²) in [6.07, 6.45) is 3.13. The van der Waals surface area contributed by atoms with Crippen LogP contribution in [0.3, 0.4) is 0 Å². The monoisotopic (exact) mass is 258 g/mol. The predicted molar refractivity (Wildman–Crippen MR) is 77.1 cm³/mol. The fourth-order valence-electron chi connectivity index (χ4n) is 1.57. The maximum Gasteiger partial charge on any atom is 0.144 e. The molecule has 18 heavy (non-hydrogen) atoms. The van der Waals surface area contributed by atoms with Gasteiger partial charge in [0.25, 0.3) is 0 Å². The highest BCUT2D eigenvalue weighted by atomic mass is 16.4. The minimum Gasteiger partial charge on any atom is -0.409 e. The third-order valence-corrected chi connectivity index (χ3v) is 3.53. The molecule has 0 aliphatic heterocycles. The lowest BCUT2D eigenvalue weighted by molar-refractivity contribution is 0.299. The first kappa shape index (κ1) is 17.2. The molecule has 0 aromatic heterocycles. The van der Waals surface area contributed by atoms with Gasteiger partial charge in [-0.1, -0.05) is 25.4 Å². The molecule has 1 atom stereocenters. The lowest BCUT2D eigenvalue weighted by Gasteiger charge is -2.23. The van der Waals surface area contributed by atoms with E-state index in [1.807, 2.05) is 13.8 Å². The minimum absolute atomic E-state index is 0.217. The summed E-state index contributed by atoms with van der Waals surface area (Å²) in [4.78, 5) is 2.20. The quantitative estimate of drug-likeness (QED) is 0.192. The Morgan fingerprint density at radius 1 is 1.39 bits per heavy atom. The lowest BCUT2D eigenvalue weighted by Crippen LogP contribution is -2.36. The van der Waals surface area contributed by atoms with Crippen LogP contribution in [0.25, 0.3) is 0 Å². The van der Waals surface area contributed by atoms with Crippen molar-refractivity contribution in [3.8, 4) is 0 Å². The van der Waals surface area contributed by atoms with E-state index in [0.717, 1.165) is 32.4 Å². The average Bonchev–Trinajstić information content (AvgIpc) is 2.31. The number of rotatable bonds is 9. The van der Waals surface area contributed by atoms with Crippen molar-refractivity contribution >= 4 is 5.84 Å². The highest BCUT2D eigenvalue weighted by Gasteiger charge is 2.22. The number of oxime groups is 1. The molecule has 0 aromatic carbocycles. The van der Waals surface area contributed by atoms with E-state index in [9.17, 15) is 0 Å². The first-order valence-corrected chi connectivity index (χ1v) is 6.66. The molecule has 5 nitrogen and oxygen atoms in total. The molecular formula is C13H30N4O. The Balaban J connectivity index is 3.63. The van der Waals surface area contributed by atoms with Crippen molar-refractivity contribution in [3.63, 3.8) is 0 Å². The summed E-state index contributed by atoms with van der Waals surface area (Å²) in [6, 6.07) is 0.554. The fraction of sp³-hybridized carbons (Fsp3) is 0.923. The first-order valence-electron chi connectivity index (χ1n) is 6.66. The molecule has 5 heteroatoms. The molecule has 0 rings (SSSR count). The molecule has 108 valence electrons. The number of unbranched alkanes of at least 4 members (excludes halogenated alkanes) is 1. The normalized spacial score (nSPS) is 15.1. The Bertz CT molecular complexity index is 251. The highest BCUT2D eigenvalue weighted by molar-refractivity contribution is 5.85. The molecule has 0 fully saturated rings. The summed E-state index contributed by atoms with van der Waals surface area (Å²) >= 11 is 0. The van der Waals surface area contributed by atoms with E-state index in [1.165, 1.54) is 0 Å². The van der Waals surface area contributed by atoms with Crippen molar-refractivity contribution in [1.82, 2.24) is 10.2 Å². The summed E-state index contributed by atoms with van der Waals surface area (Å²) in [7, 11) is 4.18. The van der Waals surface area contributed by atoms with Crippen molar-refractivity contribution in [2.45, 2.75) is 46.1 Å². The van der Waals surface area contributed by atoms with Gasteiger partial charge in [0.1, 0.15) is 5.84 Å². The molecule has 0 amide bonds. The number of nitrogens with zero attached hydrogens (tertiary/aromatic N) is 2. The predicted octanol–water partition coefficient (Wildman–Crippen LogP) is 1.47. The standard InChI is InChI=1S/C13H30N4O/c1-11(17(4)5)10-15-9-7-6-8-13(2,3)12(14)16-18/h11,15,18H,6-10H2,1-5H3,(H2,14,16). The third kappa shape index (κ3) is 6.81. The summed E-state index contributed by atoms with van der Waals surface area (Å²) in [5.41, 5.74) is 5.43. The molecule has 0 spiro atoms. The second kappa shape index (κ2) is 8.32. The zero-order valence-electron chi connectivity index (χ0n) is 12.5. The van der Waals surface area contributed by atoms with Crippen LogP contribution in [0, 0.1) is 5.41 Å². The number of nitrogens with two attached hydrogens (primary N) is 1. The number of hydrogen-bond acceptors (Lipinski definition) is 4. The van der Waals surface area contributed by atoms with Gasteiger partial charge in [0.2, 0.25) is 0 Å². The van der Waals surface area contributed by atoms with Gasteiger partial charge in [-0.05, 0) is 40.4 Å². The number of amidine groups is 1. The molecule has 0 aliphatic rings. The van der Waals surface area contributed by atoms with Crippen LogP contribution in [0.4, 0.5) is 0 Å². The smallest absolute Gasteiger partial charge is 0.144 e. The summed E-state index contributed by atoms with van der Waals surface area (Å²) in [6.45, 7) is 8.24. The van der Waals surface area contributed by atoms with Crippen LogP contribution in [0.15, 0.2) is 5.16 Å². The van der Waals surface area contributed by atoms with Crippen molar-refractivity contribution in [2.75, 3.05) is 27.2 Å². The SMILES string of the molecule is CC(CNCCCCC(C)(C)C(N)=NO)N(C)C. The van der Waals surface area contributed by atoms with Gasteiger partial charge in [0, 0.05) is 18.0 Å². The Morgan fingerprint density at radius 2 is 2.00 bits per heavy atom. The average molecular weight is 258 g/mol. The van der Waals surface area contributed by atoms with Crippen LogP contribution >= 0.6 is 0 Å². The molecule has 0 bridgehead atoms. The van der Waals surface area contributed by atoms with Gasteiger partial charge < -0.3 is 21.2 Å². The molecule has 0 saturated heterocycles. The Labute approximate surface area is 111 Å². The number of nitrogens with one attached hydrogen (secondary N) is 1. The number of hydrogen-bond donors (Lipinski definition) is 3. The zero-order valence-corrected chi connectivity index (χ0v) is 12.5. The van der Waals surface area contributed by atoms with E-state index < -0.39 is 0 Å². The van der Waals surface area contributed by atoms with Gasteiger partial charge >= 0.3 is 0 Å². The Hall–Kier alpha value is -0.810. The molecule has 0 aromatic rings.